The predicted octanol–water partition coefficient (Wildman–Crippen LogP) is 3.38. The lowest BCUT2D eigenvalue weighted by Crippen LogP contribution is -2.26. The fraction of sp³-hybridized carbons (Fsp3) is 0.150. The van der Waals surface area contributed by atoms with Crippen LogP contribution in [0.2, 0.25) is 0 Å². The van der Waals surface area contributed by atoms with Gasteiger partial charge in [-0.1, -0.05) is 30.0 Å². The van der Waals surface area contributed by atoms with E-state index in [9.17, 15) is 18.4 Å². The van der Waals surface area contributed by atoms with Crippen molar-refractivity contribution in [2.45, 2.75) is 11.8 Å². The number of amides is 1. The van der Waals surface area contributed by atoms with Crippen LogP contribution in [0.15, 0.2) is 71.1 Å². The summed E-state index contributed by atoms with van der Waals surface area (Å²) in [6.07, 6.45) is 1.57. The molecule has 3 aromatic rings. The average Bonchev–Trinajstić information content (AvgIpc) is 2.71. The molecule has 0 saturated carbocycles. The molecular weight excluding hydrogens is 400 g/mol. The first-order valence-corrected chi connectivity index (χ1v) is 9.55. The van der Waals surface area contributed by atoms with Gasteiger partial charge in [0.2, 0.25) is 5.91 Å². The number of thioether (sulfide) groups is 1. The minimum atomic E-state index is -2.94. The van der Waals surface area contributed by atoms with E-state index < -0.39 is 6.61 Å². The summed E-state index contributed by atoms with van der Waals surface area (Å²) in [6, 6.07) is 12.5. The fourth-order valence-corrected chi connectivity index (χ4v) is 3.42. The molecule has 29 heavy (non-hydrogen) atoms. The van der Waals surface area contributed by atoms with Gasteiger partial charge in [0, 0.05) is 6.54 Å². The zero-order chi connectivity index (χ0) is 20.8. The number of benzene rings is 2. The van der Waals surface area contributed by atoms with Gasteiger partial charge in [0.05, 0.1) is 22.3 Å². The molecule has 1 N–H and O–H groups in total. The lowest BCUT2D eigenvalue weighted by Gasteiger charge is -2.14. The fourth-order valence-electron chi connectivity index (χ4n) is 2.58. The van der Waals surface area contributed by atoms with E-state index in [4.69, 9.17) is 0 Å². The average molecular weight is 417 g/mol. The first kappa shape index (κ1) is 20.5. The van der Waals surface area contributed by atoms with Crippen LogP contribution in [0.4, 0.5) is 8.78 Å². The van der Waals surface area contributed by atoms with Crippen LogP contribution in [0, 0.1) is 0 Å². The molecule has 0 fully saturated rings. The molecule has 2 aromatic carbocycles. The molecule has 0 saturated heterocycles. The summed E-state index contributed by atoms with van der Waals surface area (Å²) in [5.41, 5.74) is 0.594. The second-order valence-corrected chi connectivity index (χ2v) is 6.75. The van der Waals surface area contributed by atoms with Crippen LogP contribution in [-0.4, -0.2) is 34.4 Å². The molecule has 9 heteroatoms. The largest absolute Gasteiger partial charge is 0.435 e. The number of halogens is 2. The molecule has 1 aromatic heterocycles. The summed E-state index contributed by atoms with van der Waals surface area (Å²) in [5, 5.41) is 3.37. The van der Waals surface area contributed by atoms with Gasteiger partial charge >= 0.3 is 6.61 Å². The number of carbonyl (C=O) groups excluding carboxylic acids is 1. The van der Waals surface area contributed by atoms with Gasteiger partial charge in [-0.05, 0) is 36.4 Å². The van der Waals surface area contributed by atoms with Crippen molar-refractivity contribution in [3.63, 3.8) is 0 Å². The third kappa shape index (κ3) is 5.00. The maximum absolute atomic E-state index is 13.1. The molecular formula is C20H17F2N3O3S. The zero-order valence-corrected chi connectivity index (χ0v) is 16.0. The van der Waals surface area contributed by atoms with E-state index in [-0.39, 0.29) is 23.0 Å². The van der Waals surface area contributed by atoms with Crippen LogP contribution in [0.25, 0.3) is 16.6 Å². The van der Waals surface area contributed by atoms with Crippen molar-refractivity contribution in [2.24, 2.45) is 0 Å². The summed E-state index contributed by atoms with van der Waals surface area (Å²) in [4.78, 5) is 29.5. The Hall–Kier alpha value is -3.20. The normalized spacial score (nSPS) is 10.9. The number of nitrogens with zero attached hydrogens (tertiary/aromatic N) is 2. The van der Waals surface area contributed by atoms with Gasteiger partial charge in [-0.25, -0.2) is 4.98 Å². The number of hydrogen-bond acceptors (Lipinski definition) is 5. The van der Waals surface area contributed by atoms with Crippen LogP contribution in [0.3, 0.4) is 0 Å². The van der Waals surface area contributed by atoms with Gasteiger partial charge in [0.15, 0.2) is 5.16 Å². The highest BCUT2D eigenvalue weighted by Gasteiger charge is 2.15. The summed E-state index contributed by atoms with van der Waals surface area (Å²) in [6.45, 7) is 0.936. The van der Waals surface area contributed by atoms with Gasteiger partial charge in [-0.3, -0.25) is 14.2 Å². The molecule has 3 rings (SSSR count). The lowest BCUT2D eigenvalue weighted by molar-refractivity contribution is -0.118. The highest BCUT2D eigenvalue weighted by Crippen LogP contribution is 2.23. The topological polar surface area (TPSA) is 73.2 Å². The second-order valence-electron chi connectivity index (χ2n) is 5.81. The highest BCUT2D eigenvalue weighted by atomic mass is 32.2. The van der Waals surface area contributed by atoms with Gasteiger partial charge in [-0.2, -0.15) is 8.78 Å². The SMILES string of the molecule is C=CCNC(=O)CSc1nc2ccccc2c(=O)n1-c1ccc(OC(F)F)cc1. The monoisotopic (exact) mass is 417 g/mol. The van der Waals surface area contributed by atoms with Gasteiger partial charge in [0.25, 0.3) is 5.56 Å². The number of rotatable bonds is 8. The number of carbonyl (C=O) groups is 1. The molecule has 1 amide bonds. The van der Waals surface area contributed by atoms with E-state index in [0.29, 0.717) is 28.3 Å². The first-order chi connectivity index (χ1) is 14.0. The van der Waals surface area contributed by atoms with Crippen molar-refractivity contribution in [1.82, 2.24) is 14.9 Å². The molecule has 0 bridgehead atoms. The van der Waals surface area contributed by atoms with Crippen molar-refractivity contribution >= 4 is 28.6 Å². The number of para-hydroxylation sites is 1. The van der Waals surface area contributed by atoms with Crippen LogP contribution in [0.5, 0.6) is 5.75 Å². The van der Waals surface area contributed by atoms with E-state index >= 15 is 0 Å². The Bertz CT molecular complexity index is 1080. The number of aromatic nitrogens is 2. The molecule has 0 aliphatic carbocycles. The van der Waals surface area contributed by atoms with Crippen LogP contribution in [0.1, 0.15) is 0 Å². The summed E-state index contributed by atoms with van der Waals surface area (Å²) < 4.78 is 30.4. The van der Waals surface area contributed by atoms with Crippen molar-refractivity contribution in [3.8, 4) is 11.4 Å². The molecule has 0 aliphatic rings. The minimum Gasteiger partial charge on any atom is -0.435 e. The lowest BCUT2D eigenvalue weighted by atomic mass is 10.2. The quantitative estimate of drug-likeness (QED) is 0.346. The van der Waals surface area contributed by atoms with E-state index in [1.54, 1.807) is 30.3 Å². The number of alkyl halides is 2. The van der Waals surface area contributed by atoms with E-state index in [1.165, 1.54) is 28.8 Å². The first-order valence-electron chi connectivity index (χ1n) is 8.57. The third-order valence-electron chi connectivity index (χ3n) is 3.84. The van der Waals surface area contributed by atoms with E-state index in [0.717, 1.165) is 11.8 Å². The van der Waals surface area contributed by atoms with Crippen molar-refractivity contribution < 1.29 is 18.3 Å². The summed E-state index contributed by atoms with van der Waals surface area (Å²) in [5.74, 6) is -0.210. The Morgan fingerprint density at radius 1 is 1.24 bits per heavy atom. The maximum atomic E-state index is 13.1. The third-order valence-corrected chi connectivity index (χ3v) is 4.78. The second kappa shape index (κ2) is 9.33. The van der Waals surface area contributed by atoms with E-state index in [1.807, 2.05) is 0 Å². The molecule has 0 spiro atoms. The molecule has 0 atom stereocenters. The van der Waals surface area contributed by atoms with Gasteiger partial charge in [0.1, 0.15) is 5.75 Å². The summed E-state index contributed by atoms with van der Waals surface area (Å²) in [7, 11) is 0. The maximum Gasteiger partial charge on any atom is 0.387 e. The Morgan fingerprint density at radius 3 is 2.66 bits per heavy atom. The Morgan fingerprint density at radius 2 is 1.97 bits per heavy atom. The summed E-state index contributed by atoms with van der Waals surface area (Å²) >= 11 is 1.10. The molecule has 1 heterocycles. The number of nitrogens with one attached hydrogen (secondary N) is 1. The Kier molecular flexibility index (Phi) is 6.61. The standard InChI is InChI=1S/C20H17F2N3O3S/c1-2-11-23-17(26)12-29-20-24-16-6-4-3-5-15(16)18(27)25(20)13-7-9-14(10-8-13)28-19(21)22/h2-10,19H,1,11-12H2,(H,23,26). The van der Waals surface area contributed by atoms with Crippen LogP contribution < -0.4 is 15.6 Å². The van der Waals surface area contributed by atoms with Crippen molar-refractivity contribution in [3.05, 3.63) is 71.5 Å². The predicted molar refractivity (Wildman–Crippen MR) is 108 cm³/mol. The van der Waals surface area contributed by atoms with Gasteiger partial charge < -0.3 is 10.1 Å². The smallest absolute Gasteiger partial charge is 0.387 e. The highest BCUT2D eigenvalue weighted by molar-refractivity contribution is 7.99. The zero-order valence-electron chi connectivity index (χ0n) is 15.2. The van der Waals surface area contributed by atoms with Crippen LogP contribution in [-0.2, 0) is 4.79 Å². The Labute approximate surface area is 169 Å². The molecule has 0 aliphatic heterocycles. The number of hydrogen-bond donors (Lipinski definition) is 1. The van der Waals surface area contributed by atoms with E-state index in [2.05, 4.69) is 21.6 Å². The number of ether oxygens (including phenoxy) is 1. The van der Waals surface area contributed by atoms with Crippen LogP contribution >= 0.6 is 11.8 Å². The molecule has 0 radical (unpaired) electrons. The van der Waals surface area contributed by atoms with Gasteiger partial charge in [-0.15, -0.1) is 6.58 Å². The molecule has 0 unspecified atom stereocenters. The Balaban J connectivity index is 2.01. The minimum absolute atomic E-state index is 0.0245. The molecule has 6 nitrogen and oxygen atoms in total. The van der Waals surface area contributed by atoms with Crippen molar-refractivity contribution in [2.75, 3.05) is 12.3 Å². The number of fused-ring (bicyclic) bond motifs is 1. The molecule has 150 valence electrons. The van der Waals surface area contributed by atoms with Crippen molar-refractivity contribution in [1.29, 1.82) is 0 Å².